The van der Waals surface area contributed by atoms with Gasteiger partial charge in [0.15, 0.2) is 0 Å². The van der Waals surface area contributed by atoms with Gasteiger partial charge in [-0.05, 0) is 48.7 Å². The molecular formula is C11H12N2. The number of nitrogens with zero attached hydrogens (tertiary/aromatic N) is 1. The monoisotopic (exact) mass is 172 g/mol. The van der Waals surface area contributed by atoms with Gasteiger partial charge in [-0.2, -0.15) is 5.26 Å². The largest absolute Gasteiger partial charge is 0.312 e. The molecule has 66 valence electrons. The van der Waals surface area contributed by atoms with Crippen LogP contribution >= 0.6 is 0 Å². The van der Waals surface area contributed by atoms with Crippen LogP contribution in [-0.2, 0) is 13.0 Å². The third kappa shape index (κ3) is 1.43. The van der Waals surface area contributed by atoms with E-state index in [9.17, 15) is 0 Å². The number of nitriles is 1. The molecule has 0 radical (unpaired) electrons. The Morgan fingerprint density at radius 3 is 3.08 bits per heavy atom. The number of benzene rings is 1. The zero-order chi connectivity index (χ0) is 9.26. The molecule has 0 spiro atoms. The van der Waals surface area contributed by atoms with Crippen molar-refractivity contribution in [1.82, 2.24) is 5.32 Å². The summed E-state index contributed by atoms with van der Waals surface area (Å²) in [5.41, 5.74) is 4.76. The van der Waals surface area contributed by atoms with Crippen molar-refractivity contribution < 1.29 is 0 Å². The Hall–Kier alpha value is -1.33. The van der Waals surface area contributed by atoms with Gasteiger partial charge in [0.05, 0.1) is 11.6 Å². The van der Waals surface area contributed by atoms with Gasteiger partial charge in [0.1, 0.15) is 0 Å². The summed E-state index contributed by atoms with van der Waals surface area (Å²) in [5, 5.41) is 12.1. The van der Waals surface area contributed by atoms with Crippen LogP contribution < -0.4 is 5.32 Å². The highest BCUT2D eigenvalue weighted by molar-refractivity contribution is 5.44. The average Bonchev–Trinajstić information content (AvgIpc) is 2.18. The molecule has 1 aliphatic heterocycles. The van der Waals surface area contributed by atoms with Gasteiger partial charge < -0.3 is 5.32 Å². The second-order valence-electron chi connectivity index (χ2n) is 3.47. The van der Waals surface area contributed by atoms with Crippen LogP contribution in [0.3, 0.4) is 0 Å². The van der Waals surface area contributed by atoms with E-state index in [1.807, 2.05) is 12.1 Å². The van der Waals surface area contributed by atoms with Gasteiger partial charge in [-0.25, -0.2) is 0 Å². The Labute approximate surface area is 78.2 Å². The van der Waals surface area contributed by atoms with Crippen molar-refractivity contribution in [2.45, 2.75) is 19.9 Å². The normalized spacial score (nSPS) is 14.8. The van der Waals surface area contributed by atoms with Gasteiger partial charge >= 0.3 is 0 Å². The maximum absolute atomic E-state index is 8.79. The Bertz CT molecular complexity index is 374. The topological polar surface area (TPSA) is 35.8 Å². The van der Waals surface area contributed by atoms with Crippen LogP contribution in [0.25, 0.3) is 0 Å². The van der Waals surface area contributed by atoms with Crippen LogP contribution in [0.4, 0.5) is 0 Å². The van der Waals surface area contributed by atoms with E-state index in [1.54, 1.807) is 0 Å². The number of rotatable bonds is 0. The molecule has 1 heterocycles. The maximum Gasteiger partial charge on any atom is 0.0991 e. The molecule has 2 rings (SSSR count). The minimum absolute atomic E-state index is 0.778. The van der Waals surface area contributed by atoms with Crippen LogP contribution in [0.2, 0.25) is 0 Å². The van der Waals surface area contributed by atoms with Crippen LogP contribution in [0, 0.1) is 18.3 Å². The molecule has 2 nitrogen and oxygen atoms in total. The highest BCUT2D eigenvalue weighted by Gasteiger charge is 2.11. The molecule has 0 atom stereocenters. The molecule has 1 N–H and O–H groups in total. The van der Waals surface area contributed by atoms with Crippen molar-refractivity contribution in [3.8, 4) is 6.07 Å². The number of hydrogen-bond acceptors (Lipinski definition) is 2. The molecule has 13 heavy (non-hydrogen) atoms. The second-order valence-corrected chi connectivity index (χ2v) is 3.47. The highest BCUT2D eigenvalue weighted by Crippen LogP contribution is 2.19. The number of fused-ring (bicyclic) bond motifs is 1. The zero-order valence-corrected chi connectivity index (χ0v) is 7.72. The quantitative estimate of drug-likeness (QED) is 0.644. The lowest BCUT2D eigenvalue weighted by atomic mass is 9.94. The van der Waals surface area contributed by atoms with Crippen molar-refractivity contribution in [3.63, 3.8) is 0 Å². The van der Waals surface area contributed by atoms with Crippen molar-refractivity contribution >= 4 is 0 Å². The molecule has 1 aliphatic rings. The van der Waals surface area contributed by atoms with E-state index in [4.69, 9.17) is 5.26 Å². The van der Waals surface area contributed by atoms with E-state index in [1.165, 1.54) is 16.7 Å². The fourth-order valence-corrected chi connectivity index (χ4v) is 1.91. The summed E-state index contributed by atoms with van der Waals surface area (Å²) < 4.78 is 0. The SMILES string of the molecule is Cc1cc(C#N)cc2c1CCNC2. The maximum atomic E-state index is 8.79. The summed E-state index contributed by atoms with van der Waals surface area (Å²) in [4.78, 5) is 0. The lowest BCUT2D eigenvalue weighted by molar-refractivity contribution is 0.641. The molecule has 0 amide bonds. The van der Waals surface area contributed by atoms with Crippen molar-refractivity contribution in [3.05, 3.63) is 34.4 Å². The first-order chi connectivity index (χ1) is 6.31. The van der Waals surface area contributed by atoms with Gasteiger partial charge in [-0.1, -0.05) is 0 Å². The number of nitrogens with one attached hydrogen (secondary N) is 1. The summed E-state index contributed by atoms with van der Waals surface area (Å²) in [5.74, 6) is 0. The van der Waals surface area contributed by atoms with Crippen LogP contribution in [0.5, 0.6) is 0 Å². The molecule has 0 aliphatic carbocycles. The molecule has 0 bridgehead atoms. The van der Waals surface area contributed by atoms with Gasteiger partial charge in [-0.3, -0.25) is 0 Å². The molecule has 1 aromatic carbocycles. The summed E-state index contributed by atoms with van der Waals surface area (Å²) in [7, 11) is 0. The fourth-order valence-electron chi connectivity index (χ4n) is 1.91. The molecule has 0 saturated carbocycles. The second kappa shape index (κ2) is 3.20. The molecule has 0 aromatic heterocycles. The van der Waals surface area contributed by atoms with Crippen molar-refractivity contribution in [2.24, 2.45) is 0 Å². The lowest BCUT2D eigenvalue weighted by Gasteiger charge is -2.19. The standard InChI is InChI=1S/C11H12N2/c1-8-4-9(6-12)5-10-7-13-3-2-11(8)10/h4-5,13H,2-3,7H2,1H3. The predicted octanol–water partition coefficient (Wildman–Crippen LogP) is 1.51. The minimum Gasteiger partial charge on any atom is -0.312 e. The van der Waals surface area contributed by atoms with E-state index < -0.39 is 0 Å². The van der Waals surface area contributed by atoms with E-state index in [0.717, 1.165) is 25.1 Å². The van der Waals surface area contributed by atoms with Crippen LogP contribution in [0.1, 0.15) is 22.3 Å². The first-order valence-corrected chi connectivity index (χ1v) is 4.54. The van der Waals surface area contributed by atoms with E-state index >= 15 is 0 Å². The summed E-state index contributed by atoms with van der Waals surface area (Å²) >= 11 is 0. The molecular weight excluding hydrogens is 160 g/mol. The average molecular weight is 172 g/mol. The van der Waals surface area contributed by atoms with Crippen LogP contribution in [0.15, 0.2) is 12.1 Å². The van der Waals surface area contributed by atoms with Gasteiger partial charge in [0, 0.05) is 6.54 Å². The molecule has 0 fully saturated rings. The Morgan fingerprint density at radius 1 is 1.46 bits per heavy atom. The van der Waals surface area contributed by atoms with Crippen LogP contribution in [-0.4, -0.2) is 6.54 Å². The summed E-state index contributed by atoms with van der Waals surface area (Å²) in [6.45, 7) is 4.05. The summed E-state index contributed by atoms with van der Waals surface area (Å²) in [6.07, 6.45) is 1.09. The molecule has 1 aromatic rings. The zero-order valence-electron chi connectivity index (χ0n) is 7.72. The number of aryl methyl sites for hydroxylation is 1. The van der Waals surface area contributed by atoms with Gasteiger partial charge in [-0.15, -0.1) is 0 Å². The Balaban J connectivity index is 2.54. The third-order valence-electron chi connectivity index (χ3n) is 2.56. The first-order valence-electron chi connectivity index (χ1n) is 4.54. The predicted molar refractivity (Wildman–Crippen MR) is 51.3 cm³/mol. The lowest BCUT2D eigenvalue weighted by Crippen LogP contribution is -2.24. The molecule has 2 heteroatoms. The fraction of sp³-hybridized carbons (Fsp3) is 0.364. The Morgan fingerprint density at radius 2 is 2.31 bits per heavy atom. The first kappa shape index (κ1) is 8.28. The van der Waals surface area contributed by atoms with Gasteiger partial charge in [0.2, 0.25) is 0 Å². The van der Waals surface area contributed by atoms with Crippen molar-refractivity contribution in [1.29, 1.82) is 5.26 Å². The minimum atomic E-state index is 0.778. The van der Waals surface area contributed by atoms with Gasteiger partial charge in [0.25, 0.3) is 0 Å². The number of hydrogen-bond donors (Lipinski definition) is 1. The van der Waals surface area contributed by atoms with E-state index in [0.29, 0.717) is 0 Å². The Kier molecular flexibility index (Phi) is 2.03. The van der Waals surface area contributed by atoms with E-state index in [-0.39, 0.29) is 0 Å². The molecule has 0 unspecified atom stereocenters. The highest BCUT2D eigenvalue weighted by atomic mass is 14.9. The molecule has 0 saturated heterocycles. The van der Waals surface area contributed by atoms with E-state index in [2.05, 4.69) is 18.3 Å². The third-order valence-corrected chi connectivity index (χ3v) is 2.56. The summed E-state index contributed by atoms with van der Waals surface area (Å²) in [6, 6.07) is 6.16. The smallest absolute Gasteiger partial charge is 0.0991 e. The van der Waals surface area contributed by atoms with Crippen molar-refractivity contribution in [2.75, 3.05) is 6.54 Å².